The quantitative estimate of drug-likeness (QED) is 0.358. The van der Waals surface area contributed by atoms with Gasteiger partial charge in [0.15, 0.2) is 0 Å². The number of amides is 1. The summed E-state index contributed by atoms with van der Waals surface area (Å²) in [6.07, 6.45) is 1.30. The third-order valence-electron chi connectivity index (χ3n) is 2.55. The van der Waals surface area contributed by atoms with Crippen LogP contribution >= 0.6 is 11.6 Å². The van der Waals surface area contributed by atoms with Crippen molar-refractivity contribution in [2.75, 3.05) is 5.43 Å². The standard InChI is InChI=1S/C10H10ClN7O3/c11-6-1-5(2-7(18(20)21)9(6)16-12)10(19)13-3-8-14-4-15-17-8/h1-2,4,16H,3,12H2,(H,13,19)(H,14,15,17). The number of carbonyl (C=O) groups excluding carboxylic acids is 1. The van der Waals surface area contributed by atoms with E-state index in [9.17, 15) is 14.9 Å². The summed E-state index contributed by atoms with van der Waals surface area (Å²) in [5, 5.41) is 19.6. The molecule has 2 aromatic rings. The summed E-state index contributed by atoms with van der Waals surface area (Å²) < 4.78 is 0. The van der Waals surface area contributed by atoms with Crippen molar-refractivity contribution in [3.05, 3.63) is 45.0 Å². The Kier molecular flexibility index (Phi) is 4.30. The smallest absolute Gasteiger partial charge is 0.295 e. The number of nitrogen functional groups attached to an aromatic ring is 1. The summed E-state index contributed by atoms with van der Waals surface area (Å²) >= 11 is 5.87. The van der Waals surface area contributed by atoms with Crippen LogP contribution in [-0.4, -0.2) is 26.0 Å². The maximum absolute atomic E-state index is 12.0. The fraction of sp³-hybridized carbons (Fsp3) is 0.100. The third kappa shape index (κ3) is 3.24. The third-order valence-corrected chi connectivity index (χ3v) is 2.85. The van der Waals surface area contributed by atoms with Crippen molar-refractivity contribution in [3.63, 3.8) is 0 Å². The number of hydrogen-bond donors (Lipinski definition) is 4. The first-order valence-electron chi connectivity index (χ1n) is 5.60. The Balaban J connectivity index is 2.23. The number of rotatable bonds is 5. The predicted octanol–water partition coefficient (Wildman–Crippen LogP) is 0.582. The van der Waals surface area contributed by atoms with Crippen molar-refractivity contribution >= 4 is 28.9 Å². The minimum absolute atomic E-state index is 0.0310. The van der Waals surface area contributed by atoms with Crippen LogP contribution in [0.4, 0.5) is 11.4 Å². The normalized spacial score (nSPS) is 10.2. The van der Waals surface area contributed by atoms with Crippen LogP contribution in [0.3, 0.4) is 0 Å². The number of aromatic amines is 1. The Morgan fingerprint density at radius 2 is 2.29 bits per heavy atom. The zero-order chi connectivity index (χ0) is 15.4. The van der Waals surface area contributed by atoms with Crippen molar-refractivity contribution in [2.24, 2.45) is 5.84 Å². The number of hydrogen-bond acceptors (Lipinski definition) is 7. The van der Waals surface area contributed by atoms with Crippen molar-refractivity contribution < 1.29 is 9.72 Å². The molecular formula is C10H10ClN7O3. The molecule has 0 radical (unpaired) electrons. The van der Waals surface area contributed by atoms with Crippen LogP contribution in [0.5, 0.6) is 0 Å². The summed E-state index contributed by atoms with van der Waals surface area (Å²) in [5.74, 6) is 5.09. The van der Waals surface area contributed by atoms with Gasteiger partial charge in [-0.1, -0.05) is 11.6 Å². The molecule has 0 atom stereocenters. The molecule has 0 aliphatic rings. The molecule has 0 unspecified atom stereocenters. The van der Waals surface area contributed by atoms with Gasteiger partial charge in [-0.2, -0.15) is 5.10 Å². The van der Waals surface area contributed by atoms with Gasteiger partial charge >= 0.3 is 0 Å². The number of nitrogens with zero attached hydrogens (tertiary/aromatic N) is 3. The maximum Gasteiger partial charge on any atom is 0.295 e. The molecule has 10 nitrogen and oxygen atoms in total. The molecule has 0 aliphatic carbocycles. The molecule has 11 heteroatoms. The molecule has 0 spiro atoms. The molecule has 1 aromatic heterocycles. The first-order chi connectivity index (χ1) is 10.0. The van der Waals surface area contributed by atoms with E-state index in [1.807, 2.05) is 0 Å². The Hall–Kier alpha value is -2.72. The molecule has 0 saturated heterocycles. The maximum atomic E-state index is 12.0. The summed E-state index contributed by atoms with van der Waals surface area (Å²) in [6.45, 7) is 0.0984. The van der Waals surface area contributed by atoms with E-state index in [2.05, 4.69) is 25.9 Å². The number of nitro groups is 1. The van der Waals surface area contributed by atoms with Crippen molar-refractivity contribution in [1.29, 1.82) is 0 Å². The lowest BCUT2D eigenvalue weighted by Crippen LogP contribution is -2.23. The molecule has 0 bridgehead atoms. The van der Waals surface area contributed by atoms with E-state index in [1.54, 1.807) is 0 Å². The number of nitro benzene ring substituents is 1. The summed E-state index contributed by atoms with van der Waals surface area (Å²) in [4.78, 5) is 26.1. The van der Waals surface area contributed by atoms with Crippen LogP contribution < -0.4 is 16.6 Å². The fourth-order valence-corrected chi connectivity index (χ4v) is 1.86. The van der Waals surface area contributed by atoms with Crippen molar-refractivity contribution in [1.82, 2.24) is 20.5 Å². The zero-order valence-corrected chi connectivity index (χ0v) is 11.2. The van der Waals surface area contributed by atoms with Gasteiger partial charge in [-0.15, -0.1) is 0 Å². The number of anilines is 1. The highest BCUT2D eigenvalue weighted by Gasteiger charge is 2.21. The first-order valence-corrected chi connectivity index (χ1v) is 5.97. The molecule has 1 amide bonds. The van der Waals surface area contributed by atoms with E-state index < -0.39 is 16.5 Å². The second-order valence-electron chi connectivity index (χ2n) is 3.87. The molecule has 21 heavy (non-hydrogen) atoms. The van der Waals surface area contributed by atoms with Gasteiger partial charge in [0.2, 0.25) is 0 Å². The van der Waals surface area contributed by atoms with Gasteiger partial charge in [0.05, 0.1) is 16.5 Å². The topological polar surface area (TPSA) is 152 Å². The highest BCUT2D eigenvalue weighted by molar-refractivity contribution is 6.34. The summed E-state index contributed by atoms with van der Waals surface area (Å²) in [7, 11) is 0. The number of benzene rings is 1. The zero-order valence-electron chi connectivity index (χ0n) is 10.5. The van der Waals surface area contributed by atoms with E-state index >= 15 is 0 Å². The molecular weight excluding hydrogens is 302 g/mol. The molecule has 5 N–H and O–H groups in total. The largest absolute Gasteiger partial charge is 0.345 e. The number of H-pyrrole nitrogens is 1. The van der Waals surface area contributed by atoms with Crippen LogP contribution in [-0.2, 0) is 6.54 Å². The highest BCUT2D eigenvalue weighted by atomic mass is 35.5. The second kappa shape index (κ2) is 6.15. The van der Waals surface area contributed by atoms with Crippen molar-refractivity contribution in [2.45, 2.75) is 6.54 Å². The Bertz CT molecular complexity index is 674. The van der Waals surface area contributed by atoms with Gasteiger partial charge < -0.3 is 10.7 Å². The van der Waals surface area contributed by atoms with Gasteiger partial charge in [-0.05, 0) is 6.07 Å². The van der Waals surface area contributed by atoms with Crippen LogP contribution in [0.2, 0.25) is 5.02 Å². The minimum Gasteiger partial charge on any atom is -0.345 e. The number of aromatic nitrogens is 3. The average molecular weight is 312 g/mol. The van der Waals surface area contributed by atoms with Crippen molar-refractivity contribution in [3.8, 4) is 0 Å². The highest BCUT2D eigenvalue weighted by Crippen LogP contribution is 2.32. The number of nitrogens with two attached hydrogens (primary N) is 1. The van der Waals surface area contributed by atoms with Gasteiger partial charge in [0.25, 0.3) is 11.6 Å². The van der Waals surface area contributed by atoms with E-state index in [0.29, 0.717) is 5.82 Å². The second-order valence-corrected chi connectivity index (χ2v) is 4.28. The van der Waals surface area contributed by atoms with E-state index in [1.165, 1.54) is 12.4 Å². The number of nitrogens with one attached hydrogen (secondary N) is 3. The molecule has 0 saturated carbocycles. The van der Waals surface area contributed by atoms with Crippen LogP contribution in [0, 0.1) is 10.1 Å². The SMILES string of the molecule is NNc1c(Cl)cc(C(=O)NCc2ncn[nH]2)cc1[N+](=O)[O-]. The Morgan fingerprint density at radius 3 is 2.86 bits per heavy atom. The van der Waals surface area contributed by atoms with Crippen LogP contribution in [0.1, 0.15) is 16.2 Å². The summed E-state index contributed by atoms with van der Waals surface area (Å²) in [5.41, 5.74) is 1.71. The minimum atomic E-state index is -0.686. The summed E-state index contributed by atoms with van der Waals surface area (Å²) in [6, 6.07) is 2.36. The number of halogens is 1. The molecule has 110 valence electrons. The van der Waals surface area contributed by atoms with E-state index in [0.717, 1.165) is 6.07 Å². The number of hydrazine groups is 1. The average Bonchev–Trinajstić information content (AvgIpc) is 2.96. The molecule has 0 fully saturated rings. The lowest BCUT2D eigenvalue weighted by molar-refractivity contribution is -0.384. The van der Waals surface area contributed by atoms with Crippen LogP contribution in [0.25, 0.3) is 0 Å². The molecule has 1 aromatic carbocycles. The van der Waals surface area contributed by atoms with Gasteiger partial charge in [0, 0.05) is 11.6 Å². The molecule has 1 heterocycles. The van der Waals surface area contributed by atoms with Gasteiger partial charge in [-0.3, -0.25) is 25.9 Å². The monoisotopic (exact) mass is 311 g/mol. The number of carbonyl (C=O) groups is 1. The van der Waals surface area contributed by atoms with Gasteiger partial charge in [-0.25, -0.2) is 4.98 Å². The lowest BCUT2D eigenvalue weighted by atomic mass is 10.1. The molecule has 0 aliphatic heterocycles. The lowest BCUT2D eigenvalue weighted by Gasteiger charge is -2.08. The Labute approximate surface area is 122 Å². The predicted molar refractivity (Wildman–Crippen MR) is 73.5 cm³/mol. The van der Waals surface area contributed by atoms with Crippen LogP contribution in [0.15, 0.2) is 18.5 Å². The molecule has 2 rings (SSSR count). The van der Waals surface area contributed by atoms with E-state index in [4.69, 9.17) is 17.4 Å². The Morgan fingerprint density at radius 1 is 1.52 bits per heavy atom. The van der Waals surface area contributed by atoms with Gasteiger partial charge in [0.1, 0.15) is 17.8 Å². The fourth-order valence-electron chi connectivity index (χ4n) is 1.59. The van der Waals surface area contributed by atoms with E-state index in [-0.39, 0.29) is 22.8 Å². The first kappa shape index (κ1) is 14.7.